The minimum atomic E-state index is -4.31. The molecule has 0 saturated carbocycles. The van der Waals surface area contributed by atoms with Gasteiger partial charge in [-0.2, -0.15) is 13.2 Å². The minimum Gasteiger partial charge on any atom is -0.497 e. The van der Waals surface area contributed by atoms with Crippen LogP contribution in [0.15, 0.2) is 59.9 Å². The van der Waals surface area contributed by atoms with Gasteiger partial charge in [-0.1, -0.05) is 23.9 Å². The van der Waals surface area contributed by atoms with E-state index in [1.54, 1.807) is 13.3 Å². The Morgan fingerprint density at radius 3 is 2.27 bits per heavy atom. The molecule has 0 aliphatic heterocycles. The van der Waals surface area contributed by atoms with Crippen LogP contribution in [0.4, 0.5) is 13.2 Å². The molecule has 7 heteroatoms. The third-order valence-electron chi connectivity index (χ3n) is 3.98. The summed E-state index contributed by atoms with van der Waals surface area (Å²) >= 11 is 1.48. The third-order valence-corrected chi connectivity index (χ3v) is 5.10. The molecule has 3 rings (SSSR count). The molecule has 0 N–H and O–H groups in total. The minimum absolute atomic E-state index is 0.547. The van der Waals surface area contributed by atoms with Crippen molar-refractivity contribution in [3.63, 3.8) is 0 Å². The number of alkyl halides is 3. The zero-order valence-electron chi connectivity index (χ0n) is 14.2. The molecular formula is C19H17F3N2OS. The van der Waals surface area contributed by atoms with Gasteiger partial charge in [-0.3, -0.25) is 0 Å². The highest BCUT2D eigenvalue weighted by atomic mass is 32.2. The summed E-state index contributed by atoms with van der Waals surface area (Å²) in [4.78, 5) is 4.42. The van der Waals surface area contributed by atoms with Gasteiger partial charge in [-0.05, 0) is 42.0 Å². The molecule has 0 saturated heterocycles. The fourth-order valence-electron chi connectivity index (χ4n) is 2.49. The van der Waals surface area contributed by atoms with Crippen molar-refractivity contribution in [2.75, 3.05) is 7.11 Å². The van der Waals surface area contributed by atoms with E-state index in [2.05, 4.69) is 4.98 Å². The smallest absolute Gasteiger partial charge is 0.416 e. The van der Waals surface area contributed by atoms with Crippen molar-refractivity contribution in [2.45, 2.75) is 17.1 Å². The summed E-state index contributed by atoms with van der Waals surface area (Å²) in [5.74, 6) is 1.33. The van der Waals surface area contributed by atoms with Gasteiger partial charge in [-0.15, -0.1) is 0 Å². The van der Waals surface area contributed by atoms with E-state index in [1.807, 2.05) is 35.9 Å². The molecule has 0 aliphatic carbocycles. The number of hydrogen-bond donors (Lipinski definition) is 0. The maximum absolute atomic E-state index is 12.6. The summed E-state index contributed by atoms with van der Waals surface area (Å²) in [6.45, 7) is 0. The molecule has 0 aliphatic rings. The molecule has 0 bridgehead atoms. The Balaban J connectivity index is 1.70. The molecule has 0 amide bonds. The number of imidazole rings is 1. The average molecular weight is 378 g/mol. The number of thioether (sulfide) groups is 1. The van der Waals surface area contributed by atoms with E-state index < -0.39 is 11.7 Å². The van der Waals surface area contributed by atoms with Crippen LogP contribution in [0.25, 0.3) is 11.3 Å². The molecule has 0 spiro atoms. The number of nitrogens with zero attached hydrogens (tertiary/aromatic N) is 2. The Morgan fingerprint density at radius 2 is 1.69 bits per heavy atom. The van der Waals surface area contributed by atoms with E-state index in [0.29, 0.717) is 5.75 Å². The monoisotopic (exact) mass is 378 g/mol. The highest BCUT2D eigenvalue weighted by Gasteiger charge is 2.29. The first-order chi connectivity index (χ1) is 12.4. The average Bonchev–Trinajstić information content (AvgIpc) is 3.00. The van der Waals surface area contributed by atoms with Crippen LogP contribution in [-0.2, 0) is 19.0 Å². The number of methoxy groups -OCH3 is 1. The van der Waals surface area contributed by atoms with Crippen molar-refractivity contribution in [1.82, 2.24) is 9.55 Å². The molecule has 26 heavy (non-hydrogen) atoms. The van der Waals surface area contributed by atoms with E-state index in [0.717, 1.165) is 39.9 Å². The lowest BCUT2D eigenvalue weighted by atomic mass is 10.1. The normalized spacial score (nSPS) is 11.6. The van der Waals surface area contributed by atoms with Crippen LogP contribution in [0, 0.1) is 0 Å². The number of rotatable bonds is 5. The van der Waals surface area contributed by atoms with Crippen LogP contribution in [-0.4, -0.2) is 16.7 Å². The van der Waals surface area contributed by atoms with Crippen molar-refractivity contribution in [2.24, 2.45) is 7.05 Å². The van der Waals surface area contributed by atoms with Gasteiger partial charge < -0.3 is 9.30 Å². The summed E-state index contributed by atoms with van der Waals surface area (Å²) in [6, 6.07) is 12.9. The molecule has 0 radical (unpaired) electrons. The van der Waals surface area contributed by atoms with Crippen molar-refractivity contribution in [1.29, 1.82) is 0 Å². The number of benzene rings is 2. The second-order valence-electron chi connectivity index (χ2n) is 5.70. The second kappa shape index (κ2) is 7.45. The molecule has 1 aromatic heterocycles. The van der Waals surface area contributed by atoms with Crippen molar-refractivity contribution >= 4 is 11.8 Å². The SMILES string of the molecule is COc1ccc(-c2cnc(SCc3ccc(C(F)(F)F)cc3)n2C)cc1. The molecule has 1 heterocycles. The number of halogens is 3. The zero-order chi connectivity index (χ0) is 18.7. The highest BCUT2D eigenvalue weighted by molar-refractivity contribution is 7.98. The van der Waals surface area contributed by atoms with Crippen LogP contribution < -0.4 is 4.74 Å². The van der Waals surface area contributed by atoms with E-state index in [4.69, 9.17) is 4.74 Å². The first-order valence-corrected chi connectivity index (χ1v) is 8.82. The zero-order valence-corrected chi connectivity index (χ0v) is 15.1. The van der Waals surface area contributed by atoms with Gasteiger partial charge in [-0.25, -0.2) is 4.98 Å². The van der Waals surface area contributed by atoms with Crippen molar-refractivity contribution in [3.8, 4) is 17.0 Å². The quantitative estimate of drug-likeness (QED) is 0.556. The second-order valence-corrected chi connectivity index (χ2v) is 6.64. The largest absolute Gasteiger partial charge is 0.497 e. The van der Waals surface area contributed by atoms with Gasteiger partial charge in [0.2, 0.25) is 0 Å². The Labute approximate surface area is 153 Å². The third kappa shape index (κ3) is 4.04. The fourth-order valence-corrected chi connectivity index (χ4v) is 3.40. The Hall–Kier alpha value is -2.41. The first kappa shape index (κ1) is 18.4. The van der Waals surface area contributed by atoms with Gasteiger partial charge in [0.1, 0.15) is 5.75 Å². The van der Waals surface area contributed by atoms with Gasteiger partial charge in [0, 0.05) is 18.4 Å². The predicted octanol–water partition coefficient (Wildman–Crippen LogP) is 5.41. The van der Waals surface area contributed by atoms with Crippen LogP contribution in [0.5, 0.6) is 5.75 Å². The molecule has 3 nitrogen and oxygen atoms in total. The summed E-state index contributed by atoms with van der Waals surface area (Å²) in [6.07, 6.45) is -2.52. The lowest BCUT2D eigenvalue weighted by Crippen LogP contribution is -2.04. The summed E-state index contributed by atoms with van der Waals surface area (Å²) < 4.78 is 45.0. The van der Waals surface area contributed by atoms with Gasteiger partial charge in [0.15, 0.2) is 5.16 Å². The lowest BCUT2D eigenvalue weighted by Gasteiger charge is -2.08. The number of hydrogen-bond acceptors (Lipinski definition) is 3. The number of aromatic nitrogens is 2. The maximum atomic E-state index is 12.6. The standard InChI is InChI=1S/C19H17F3N2OS/c1-24-17(14-5-9-16(25-2)10-6-14)11-23-18(24)26-12-13-3-7-15(8-4-13)19(20,21)22/h3-11H,12H2,1-2H3. The Bertz CT molecular complexity index is 871. The fraction of sp³-hybridized carbons (Fsp3) is 0.211. The molecule has 3 aromatic rings. The predicted molar refractivity (Wildman–Crippen MR) is 96.2 cm³/mol. The topological polar surface area (TPSA) is 27.1 Å². The van der Waals surface area contributed by atoms with Gasteiger partial charge in [0.05, 0.1) is 24.6 Å². The Morgan fingerprint density at radius 1 is 1.04 bits per heavy atom. The number of ether oxygens (including phenoxy) is 1. The van der Waals surface area contributed by atoms with Crippen LogP contribution in [0.3, 0.4) is 0 Å². The summed E-state index contributed by atoms with van der Waals surface area (Å²) in [5, 5.41) is 0.802. The summed E-state index contributed by atoms with van der Waals surface area (Å²) in [7, 11) is 3.54. The highest BCUT2D eigenvalue weighted by Crippen LogP contribution is 2.31. The molecule has 0 atom stereocenters. The van der Waals surface area contributed by atoms with E-state index in [9.17, 15) is 13.2 Å². The van der Waals surface area contributed by atoms with Crippen LogP contribution in [0.1, 0.15) is 11.1 Å². The van der Waals surface area contributed by atoms with Crippen LogP contribution in [0.2, 0.25) is 0 Å². The molecular weight excluding hydrogens is 361 g/mol. The Kier molecular flexibility index (Phi) is 5.27. The molecule has 2 aromatic carbocycles. The summed E-state index contributed by atoms with van der Waals surface area (Å²) in [5.41, 5.74) is 2.16. The lowest BCUT2D eigenvalue weighted by molar-refractivity contribution is -0.137. The van der Waals surface area contributed by atoms with Crippen LogP contribution >= 0.6 is 11.8 Å². The van der Waals surface area contributed by atoms with Crippen molar-refractivity contribution < 1.29 is 17.9 Å². The van der Waals surface area contributed by atoms with E-state index >= 15 is 0 Å². The van der Waals surface area contributed by atoms with Gasteiger partial charge >= 0.3 is 6.18 Å². The molecule has 0 fully saturated rings. The van der Waals surface area contributed by atoms with E-state index in [1.165, 1.54) is 23.9 Å². The van der Waals surface area contributed by atoms with Crippen molar-refractivity contribution in [3.05, 3.63) is 65.9 Å². The molecule has 136 valence electrons. The molecule has 0 unspecified atom stereocenters. The van der Waals surface area contributed by atoms with E-state index in [-0.39, 0.29) is 0 Å². The first-order valence-electron chi connectivity index (χ1n) is 7.83. The maximum Gasteiger partial charge on any atom is 0.416 e. The van der Waals surface area contributed by atoms with Gasteiger partial charge in [0.25, 0.3) is 0 Å².